The first-order valence-corrected chi connectivity index (χ1v) is 4.73. The van der Waals surface area contributed by atoms with E-state index in [1.165, 1.54) is 7.11 Å². The molecule has 4 heteroatoms. The lowest BCUT2D eigenvalue weighted by atomic mass is 10.1. The highest BCUT2D eigenvalue weighted by atomic mass is 16.5. The molecule has 0 heterocycles. The van der Waals surface area contributed by atoms with Gasteiger partial charge in [-0.25, -0.2) is 0 Å². The molecule has 0 spiro atoms. The van der Waals surface area contributed by atoms with E-state index in [9.17, 15) is 4.79 Å². The molecule has 0 aliphatic rings. The summed E-state index contributed by atoms with van der Waals surface area (Å²) in [5, 5.41) is 11.7. The maximum absolute atomic E-state index is 10.9. The van der Waals surface area contributed by atoms with Crippen LogP contribution in [0, 0.1) is 0 Å². The zero-order chi connectivity index (χ0) is 11.1. The van der Waals surface area contributed by atoms with Gasteiger partial charge in [0.25, 0.3) is 0 Å². The van der Waals surface area contributed by atoms with E-state index in [-0.39, 0.29) is 6.73 Å². The number of carbonyl (C=O) groups is 1. The fraction of sp³-hybridized carbons (Fsp3) is 0.364. The van der Waals surface area contributed by atoms with E-state index in [0.29, 0.717) is 6.42 Å². The Balaban J connectivity index is 2.55. The minimum absolute atomic E-state index is 0.240. The Kier molecular flexibility index (Phi) is 4.80. The highest BCUT2D eigenvalue weighted by molar-refractivity contribution is 5.73. The van der Waals surface area contributed by atoms with Gasteiger partial charge >= 0.3 is 5.97 Å². The second kappa shape index (κ2) is 6.16. The van der Waals surface area contributed by atoms with Gasteiger partial charge in [0.1, 0.15) is 6.04 Å². The SMILES string of the molecule is COCN[C@@H](Cc1ccccc1)C(=O)O. The Hall–Kier alpha value is -1.39. The maximum Gasteiger partial charge on any atom is 0.321 e. The van der Waals surface area contributed by atoms with Gasteiger partial charge in [-0.1, -0.05) is 30.3 Å². The minimum Gasteiger partial charge on any atom is -0.480 e. The highest BCUT2D eigenvalue weighted by Crippen LogP contribution is 2.03. The van der Waals surface area contributed by atoms with Gasteiger partial charge in [-0.2, -0.15) is 0 Å². The third-order valence-electron chi connectivity index (χ3n) is 2.05. The van der Waals surface area contributed by atoms with E-state index in [2.05, 4.69) is 5.32 Å². The lowest BCUT2D eigenvalue weighted by Gasteiger charge is -2.13. The molecule has 0 unspecified atom stereocenters. The third-order valence-corrected chi connectivity index (χ3v) is 2.05. The molecular formula is C11H15NO3. The summed E-state index contributed by atoms with van der Waals surface area (Å²) in [4.78, 5) is 10.9. The van der Waals surface area contributed by atoms with Gasteiger partial charge in [0.15, 0.2) is 0 Å². The van der Waals surface area contributed by atoms with Crippen LogP contribution < -0.4 is 5.32 Å². The van der Waals surface area contributed by atoms with Crippen LogP contribution in [-0.2, 0) is 16.0 Å². The first-order chi connectivity index (χ1) is 7.24. The van der Waals surface area contributed by atoms with Crippen molar-refractivity contribution in [2.75, 3.05) is 13.8 Å². The smallest absolute Gasteiger partial charge is 0.321 e. The predicted octanol–water partition coefficient (Wildman–Crippen LogP) is 0.876. The zero-order valence-electron chi connectivity index (χ0n) is 8.64. The molecule has 0 bridgehead atoms. The van der Waals surface area contributed by atoms with Crippen molar-refractivity contribution < 1.29 is 14.6 Å². The van der Waals surface area contributed by atoms with Crippen LogP contribution in [0.1, 0.15) is 5.56 Å². The monoisotopic (exact) mass is 209 g/mol. The molecule has 0 amide bonds. The van der Waals surface area contributed by atoms with Crippen molar-refractivity contribution in [2.24, 2.45) is 0 Å². The fourth-order valence-corrected chi connectivity index (χ4v) is 1.28. The van der Waals surface area contributed by atoms with Crippen molar-refractivity contribution >= 4 is 5.97 Å². The molecule has 4 nitrogen and oxygen atoms in total. The van der Waals surface area contributed by atoms with Crippen LogP contribution in [0.4, 0.5) is 0 Å². The summed E-state index contributed by atoms with van der Waals surface area (Å²) in [6, 6.07) is 8.90. The van der Waals surface area contributed by atoms with E-state index in [1.807, 2.05) is 30.3 Å². The topological polar surface area (TPSA) is 58.6 Å². The second-order valence-electron chi connectivity index (χ2n) is 3.22. The number of benzene rings is 1. The van der Waals surface area contributed by atoms with Gasteiger partial charge in [-0.3, -0.25) is 10.1 Å². The minimum atomic E-state index is -0.865. The van der Waals surface area contributed by atoms with Crippen molar-refractivity contribution in [2.45, 2.75) is 12.5 Å². The molecule has 1 aromatic carbocycles. The molecule has 82 valence electrons. The van der Waals surface area contributed by atoms with Crippen molar-refractivity contribution in [1.82, 2.24) is 5.32 Å². The normalized spacial score (nSPS) is 12.3. The lowest BCUT2D eigenvalue weighted by molar-refractivity contribution is -0.139. The Morgan fingerprint density at radius 2 is 2.13 bits per heavy atom. The van der Waals surface area contributed by atoms with Crippen LogP contribution in [-0.4, -0.2) is 31.0 Å². The van der Waals surface area contributed by atoms with E-state index < -0.39 is 12.0 Å². The quantitative estimate of drug-likeness (QED) is 0.683. The largest absolute Gasteiger partial charge is 0.480 e. The lowest BCUT2D eigenvalue weighted by Crippen LogP contribution is -2.39. The Morgan fingerprint density at radius 1 is 1.47 bits per heavy atom. The number of carboxylic acid groups (broad SMARTS) is 1. The molecule has 0 aliphatic carbocycles. The molecule has 15 heavy (non-hydrogen) atoms. The molecule has 0 saturated heterocycles. The summed E-state index contributed by atoms with van der Waals surface area (Å²) < 4.78 is 4.79. The standard InChI is InChI=1S/C11H15NO3/c1-15-8-12-10(11(13)14)7-9-5-3-2-4-6-9/h2-6,10,12H,7-8H2,1H3,(H,13,14)/t10-/m0/s1. The molecule has 0 aromatic heterocycles. The number of ether oxygens (including phenoxy) is 1. The van der Waals surface area contributed by atoms with Crippen LogP contribution in [0.3, 0.4) is 0 Å². The van der Waals surface area contributed by atoms with Crippen molar-refractivity contribution in [3.8, 4) is 0 Å². The summed E-state index contributed by atoms with van der Waals surface area (Å²) in [5.74, 6) is -0.865. The van der Waals surface area contributed by atoms with Crippen molar-refractivity contribution in [3.63, 3.8) is 0 Å². The molecule has 0 saturated carbocycles. The number of hydrogen-bond acceptors (Lipinski definition) is 3. The zero-order valence-corrected chi connectivity index (χ0v) is 8.64. The van der Waals surface area contributed by atoms with E-state index in [0.717, 1.165) is 5.56 Å². The third kappa shape index (κ3) is 4.10. The molecule has 1 rings (SSSR count). The Morgan fingerprint density at radius 3 is 2.67 bits per heavy atom. The van der Waals surface area contributed by atoms with E-state index in [4.69, 9.17) is 9.84 Å². The van der Waals surface area contributed by atoms with Gasteiger partial charge in [0.05, 0.1) is 6.73 Å². The molecular weight excluding hydrogens is 194 g/mol. The summed E-state index contributed by atoms with van der Waals surface area (Å²) >= 11 is 0. The highest BCUT2D eigenvalue weighted by Gasteiger charge is 2.16. The van der Waals surface area contributed by atoms with Crippen LogP contribution in [0.2, 0.25) is 0 Å². The predicted molar refractivity (Wildman–Crippen MR) is 56.6 cm³/mol. The van der Waals surface area contributed by atoms with Gasteiger partial charge < -0.3 is 9.84 Å². The van der Waals surface area contributed by atoms with Gasteiger partial charge in [-0.05, 0) is 12.0 Å². The van der Waals surface area contributed by atoms with E-state index in [1.54, 1.807) is 0 Å². The molecule has 0 fully saturated rings. The number of rotatable bonds is 6. The summed E-state index contributed by atoms with van der Waals surface area (Å²) in [5.41, 5.74) is 0.994. The Bertz CT molecular complexity index is 300. The molecule has 2 N–H and O–H groups in total. The first-order valence-electron chi connectivity index (χ1n) is 4.73. The molecule has 0 aliphatic heterocycles. The molecule has 1 aromatic rings. The maximum atomic E-state index is 10.9. The number of hydrogen-bond donors (Lipinski definition) is 2. The van der Waals surface area contributed by atoms with Crippen molar-refractivity contribution in [1.29, 1.82) is 0 Å². The number of nitrogens with one attached hydrogen (secondary N) is 1. The van der Waals surface area contributed by atoms with Crippen LogP contribution in [0.25, 0.3) is 0 Å². The number of methoxy groups -OCH3 is 1. The fourth-order valence-electron chi connectivity index (χ4n) is 1.28. The average molecular weight is 209 g/mol. The Labute approximate surface area is 88.9 Å². The average Bonchev–Trinajstić information content (AvgIpc) is 2.25. The number of aliphatic carboxylic acids is 1. The van der Waals surface area contributed by atoms with Crippen LogP contribution in [0.15, 0.2) is 30.3 Å². The van der Waals surface area contributed by atoms with Crippen LogP contribution in [0.5, 0.6) is 0 Å². The van der Waals surface area contributed by atoms with E-state index >= 15 is 0 Å². The number of carboxylic acids is 1. The van der Waals surface area contributed by atoms with Gasteiger partial charge in [0.2, 0.25) is 0 Å². The summed E-state index contributed by atoms with van der Waals surface area (Å²) in [6.45, 7) is 0.240. The van der Waals surface area contributed by atoms with Gasteiger partial charge in [0, 0.05) is 7.11 Å². The van der Waals surface area contributed by atoms with Crippen LogP contribution >= 0.6 is 0 Å². The summed E-state index contributed by atoms with van der Waals surface area (Å²) in [7, 11) is 1.52. The summed E-state index contributed by atoms with van der Waals surface area (Å²) in [6.07, 6.45) is 0.458. The van der Waals surface area contributed by atoms with Crippen molar-refractivity contribution in [3.05, 3.63) is 35.9 Å². The molecule has 1 atom stereocenters. The second-order valence-corrected chi connectivity index (χ2v) is 3.22. The molecule has 0 radical (unpaired) electrons. The van der Waals surface area contributed by atoms with Gasteiger partial charge in [-0.15, -0.1) is 0 Å². The first kappa shape index (κ1) is 11.7.